The van der Waals surface area contributed by atoms with Gasteiger partial charge in [0.05, 0.1) is 0 Å². The van der Waals surface area contributed by atoms with Gasteiger partial charge < -0.3 is 5.11 Å². The van der Waals surface area contributed by atoms with Crippen LogP contribution in [0.2, 0.25) is 0 Å². The van der Waals surface area contributed by atoms with Crippen LogP contribution in [-0.2, 0) is 24.3 Å². The molecule has 0 unspecified atom stereocenters. The van der Waals surface area contributed by atoms with Crippen LogP contribution in [0.3, 0.4) is 0 Å². The maximum absolute atomic E-state index is 10.0. The summed E-state index contributed by atoms with van der Waals surface area (Å²) < 4.78 is 0. The predicted octanol–water partition coefficient (Wildman–Crippen LogP) is 2.43. The molecule has 0 aromatic carbocycles. The number of hydrogen-bond donors (Lipinski definition) is 1. The van der Waals surface area contributed by atoms with Crippen LogP contribution in [0.1, 0.15) is 45.4 Å². The molecule has 0 saturated carbocycles. The van der Waals surface area contributed by atoms with Gasteiger partial charge in [-0.2, -0.15) is 0 Å². The van der Waals surface area contributed by atoms with E-state index in [1.807, 2.05) is 0 Å². The Morgan fingerprint density at radius 2 is 1.73 bits per heavy atom. The van der Waals surface area contributed by atoms with Crippen molar-refractivity contribution >= 4 is 5.97 Å². The summed E-state index contributed by atoms with van der Waals surface area (Å²) in [7, 11) is 0. The number of carbonyl (C=O) groups is 1. The Bertz CT molecular complexity index is 94.1. The molecule has 3 heteroatoms. The topological polar surface area (TPSA) is 37.3 Å². The van der Waals surface area contributed by atoms with E-state index in [1.54, 1.807) is 0 Å². The van der Waals surface area contributed by atoms with E-state index in [9.17, 15) is 4.79 Å². The van der Waals surface area contributed by atoms with Gasteiger partial charge in [0.2, 0.25) is 0 Å². The molecule has 0 aromatic heterocycles. The van der Waals surface area contributed by atoms with E-state index in [4.69, 9.17) is 5.11 Å². The second-order valence-corrected chi connectivity index (χ2v) is 2.56. The molecule has 0 bridgehead atoms. The molecular formula is C8H16O2Zn. The summed E-state index contributed by atoms with van der Waals surface area (Å²) in [6.45, 7) is 2.15. The molecule has 0 aliphatic rings. The number of aliphatic carboxylic acids is 1. The largest absolute Gasteiger partial charge is 0.481 e. The van der Waals surface area contributed by atoms with Crippen LogP contribution < -0.4 is 0 Å². The molecule has 0 rings (SSSR count). The third kappa shape index (κ3) is 13.1. The van der Waals surface area contributed by atoms with Crippen molar-refractivity contribution in [3.8, 4) is 0 Å². The van der Waals surface area contributed by atoms with E-state index in [2.05, 4.69) is 6.92 Å². The van der Waals surface area contributed by atoms with Crippen molar-refractivity contribution in [3.63, 3.8) is 0 Å². The van der Waals surface area contributed by atoms with Gasteiger partial charge in [-0.05, 0) is 6.42 Å². The third-order valence-electron chi connectivity index (χ3n) is 1.49. The normalized spacial score (nSPS) is 8.82. The second kappa shape index (κ2) is 10.1. The molecule has 0 saturated heterocycles. The summed E-state index contributed by atoms with van der Waals surface area (Å²) in [4.78, 5) is 10.0. The first-order valence-electron chi connectivity index (χ1n) is 3.99. The van der Waals surface area contributed by atoms with Crippen LogP contribution in [-0.4, -0.2) is 11.1 Å². The Labute approximate surface area is 81.1 Å². The Morgan fingerprint density at radius 3 is 2.18 bits per heavy atom. The minimum atomic E-state index is -0.670. The van der Waals surface area contributed by atoms with Gasteiger partial charge in [0.25, 0.3) is 0 Å². The van der Waals surface area contributed by atoms with Crippen molar-refractivity contribution in [3.05, 3.63) is 0 Å². The predicted molar refractivity (Wildman–Crippen MR) is 41.0 cm³/mol. The van der Waals surface area contributed by atoms with Crippen LogP contribution in [0, 0.1) is 0 Å². The molecule has 62 valence electrons. The fraction of sp³-hybridized carbons (Fsp3) is 0.875. The van der Waals surface area contributed by atoms with Gasteiger partial charge in [-0.25, -0.2) is 0 Å². The molecule has 0 aromatic rings. The van der Waals surface area contributed by atoms with Crippen LogP contribution >= 0.6 is 0 Å². The van der Waals surface area contributed by atoms with Gasteiger partial charge in [-0.3, -0.25) is 4.79 Å². The summed E-state index contributed by atoms with van der Waals surface area (Å²) in [6, 6.07) is 0. The van der Waals surface area contributed by atoms with Gasteiger partial charge in [-0.15, -0.1) is 0 Å². The van der Waals surface area contributed by atoms with Gasteiger partial charge in [0.1, 0.15) is 0 Å². The fourth-order valence-electron chi connectivity index (χ4n) is 0.880. The van der Waals surface area contributed by atoms with E-state index < -0.39 is 5.97 Å². The third-order valence-corrected chi connectivity index (χ3v) is 1.49. The standard InChI is InChI=1S/C8H16O2.Zn/c1-2-3-4-5-6-7-8(9)10;/h2-7H2,1H3,(H,9,10);. The first-order chi connectivity index (χ1) is 4.77. The quantitative estimate of drug-likeness (QED) is 0.539. The molecule has 0 spiro atoms. The number of unbranched alkanes of at least 4 members (excludes halogenated alkanes) is 4. The van der Waals surface area contributed by atoms with E-state index in [0.29, 0.717) is 6.42 Å². The molecular weight excluding hydrogens is 193 g/mol. The van der Waals surface area contributed by atoms with Crippen LogP contribution in [0.15, 0.2) is 0 Å². The molecule has 0 fully saturated rings. The van der Waals surface area contributed by atoms with Crippen LogP contribution in [0.5, 0.6) is 0 Å². The van der Waals surface area contributed by atoms with E-state index in [0.717, 1.165) is 12.8 Å². The fourth-order valence-corrected chi connectivity index (χ4v) is 0.880. The first kappa shape index (κ1) is 13.7. The van der Waals surface area contributed by atoms with Gasteiger partial charge in [-0.1, -0.05) is 32.6 Å². The van der Waals surface area contributed by atoms with E-state index in [1.165, 1.54) is 19.3 Å². The van der Waals surface area contributed by atoms with E-state index >= 15 is 0 Å². The molecule has 0 atom stereocenters. The number of rotatable bonds is 6. The van der Waals surface area contributed by atoms with Crippen molar-refractivity contribution in [1.82, 2.24) is 0 Å². The molecule has 0 aliphatic heterocycles. The molecule has 11 heavy (non-hydrogen) atoms. The first-order valence-corrected chi connectivity index (χ1v) is 3.99. The molecule has 1 N–H and O–H groups in total. The average Bonchev–Trinajstić information content (AvgIpc) is 1.87. The summed E-state index contributed by atoms with van der Waals surface area (Å²) in [5, 5.41) is 8.27. The Kier molecular flexibility index (Phi) is 12.5. The minimum Gasteiger partial charge on any atom is -0.481 e. The van der Waals surface area contributed by atoms with E-state index in [-0.39, 0.29) is 19.5 Å². The number of hydrogen-bond acceptors (Lipinski definition) is 1. The van der Waals surface area contributed by atoms with Gasteiger partial charge in [0, 0.05) is 25.9 Å². The van der Waals surface area contributed by atoms with Gasteiger partial charge in [0.15, 0.2) is 0 Å². The number of carboxylic acids is 1. The SMILES string of the molecule is CCCCCCCC(=O)O.[Zn]. The average molecular weight is 210 g/mol. The second-order valence-electron chi connectivity index (χ2n) is 2.56. The Hall–Kier alpha value is 0.0934. The maximum atomic E-state index is 10.0. The van der Waals surface area contributed by atoms with Crippen molar-refractivity contribution in [2.24, 2.45) is 0 Å². The Balaban J connectivity index is 0. The smallest absolute Gasteiger partial charge is 0.303 e. The molecule has 0 amide bonds. The zero-order chi connectivity index (χ0) is 7.82. The van der Waals surface area contributed by atoms with Gasteiger partial charge >= 0.3 is 5.97 Å². The molecule has 0 heterocycles. The van der Waals surface area contributed by atoms with Crippen LogP contribution in [0.25, 0.3) is 0 Å². The maximum Gasteiger partial charge on any atom is 0.303 e. The van der Waals surface area contributed by atoms with Crippen LogP contribution in [0.4, 0.5) is 0 Å². The minimum absolute atomic E-state index is 0. The van der Waals surface area contributed by atoms with Crippen molar-refractivity contribution in [2.45, 2.75) is 45.4 Å². The zero-order valence-electron chi connectivity index (χ0n) is 7.31. The molecule has 0 radical (unpaired) electrons. The summed E-state index contributed by atoms with van der Waals surface area (Å²) in [5.41, 5.74) is 0. The number of carboxylic acid groups (broad SMARTS) is 1. The van der Waals surface area contributed by atoms with Crippen molar-refractivity contribution < 1.29 is 29.4 Å². The summed E-state index contributed by atoms with van der Waals surface area (Å²) >= 11 is 0. The zero-order valence-corrected chi connectivity index (χ0v) is 10.3. The summed E-state index contributed by atoms with van der Waals surface area (Å²) in [6.07, 6.45) is 5.88. The monoisotopic (exact) mass is 208 g/mol. The summed E-state index contributed by atoms with van der Waals surface area (Å²) in [5.74, 6) is -0.670. The Morgan fingerprint density at radius 1 is 1.18 bits per heavy atom. The molecule has 0 aliphatic carbocycles. The molecule has 2 nitrogen and oxygen atoms in total. The van der Waals surface area contributed by atoms with Crippen molar-refractivity contribution in [1.29, 1.82) is 0 Å². The van der Waals surface area contributed by atoms with Crippen molar-refractivity contribution in [2.75, 3.05) is 0 Å².